The molecule has 0 fully saturated rings. The van der Waals surface area contributed by atoms with Crippen LogP contribution in [0.5, 0.6) is 6.01 Å². The highest BCUT2D eigenvalue weighted by atomic mass is 16.5. The third kappa shape index (κ3) is 5.11. The van der Waals surface area contributed by atoms with Gasteiger partial charge in [0, 0.05) is 13.6 Å². The summed E-state index contributed by atoms with van der Waals surface area (Å²) < 4.78 is 10.3. The average Bonchev–Trinajstić information content (AvgIpc) is 2.38. The van der Waals surface area contributed by atoms with Gasteiger partial charge in [0.1, 0.15) is 0 Å². The molecule has 8 nitrogen and oxygen atoms in total. The van der Waals surface area contributed by atoms with Crippen LogP contribution in [0.25, 0.3) is 0 Å². The molecule has 8 heteroatoms. The van der Waals surface area contributed by atoms with Gasteiger partial charge in [-0.15, -0.1) is 0 Å². The first-order valence-corrected chi connectivity index (χ1v) is 5.79. The number of nitrogens with one attached hydrogen (secondary N) is 2. The van der Waals surface area contributed by atoms with Crippen molar-refractivity contribution in [2.75, 3.05) is 50.7 Å². The van der Waals surface area contributed by atoms with Crippen LogP contribution in [0.15, 0.2) is 0 Å². The van der Waals surface area contributed by atoms with Gasteiger partial charge >= 0.3 is 6.01 Å². The second-order valence-corrected chi connectivity index (χ2v) is 3.21. The van der Waals surface area contributed by atoms with Crippen LogP contribution < -0.4 is 15.4 Å². The Morgan fingerprint density at radius 1 is 1.17 bits per heavy atom. The van der Waals surface area contributed by atoms with E-state index < -0.39 is 0 Å². The summed E-state index contributed by atoms with van der Waals surface area (Å²) in [4.78, 5) is 12.3. The summed E-state index contributed by atoms with van der Waals surface area (Å²) in [5.74, 6) is 0.859. The molecule has 0 spiro atoms. The Morgan fingerprint density at radius 3 is 2.61 bits per heavy atom. The molecule has 1 heterocycles. The Hall–Kier alpha value is -1.67. The minimum absolute atomic E-state index is 0.0180. The maximum atomic E-state index is 8.54. The largest absolute Gasteiger partial charge is 0.464 e. The predicted octanol–water partition coefficient (Wildman–Crippen LogP) is -0.267. The van der Waals surface area contributed by atoms with Crippen LogP contribution in [0.3, 0.4) is 0 Å². The van der Waals surface area contributed by atoms with Crippen LogP contribution in [0.2, 0.25) is 0 Å². The Kier molecular flexibility index (Phi) is 6.74. The summed E-state index contributed by atoms with van der Waals surface area (Å²) in [7, 11) is 1.72. The predicted molar refractivity (Wildman–Crippen MR) is 66.9 cm³/mol. The lowest BCUT2D eigenvalue weighted by molar-refractivity contribution is 0.0991. The van der Waals surface area contributed by atoms with E-state index in [1.807, 2.05) is 6.92 Å². The van der Waals surface area contributed by atoms with Crippen molar-refractivity contribution in [3.05, 3.63) is 0 Å². The van der Waals surface area contributed by atoms with Crippen molar-refractivity contribution in [2.24, 2.45) is 0 Å². The molecule has 0 saturated carbocycles. The zero-order chi connectivity index (χ0) is 13.2. The van der Waals surface area contributed by atoms with Crippen molar-refractivity contribution < 1.29 is 14.6 Å². The van der Waals surface area contributed by atoms with E-state index >= 15 is 0 Å². The van der Waals surface area contributed by atoms with Crippen LogP contribution in [-0.4, -0.2) is 60.1 Å². The highest BCUT2D eigenvalue weighted by Crippen LogP contribution is 2.10. The molecule has 0 aliphatic carbocycles. The third-order valence-corrected chi connectivity index (χ3v) is 1.88. The number of hydrogen-bond donors (Lipinski definition) is 3. The van der Waals surface area contributed by atoms with Gasteiger partial charge < -0.3 is 25.2 Å². The Bertz CT molecular complexity index is 350. The fourth-order valence-electron chi connectivity index (χ4n) is 1.14. The zero-order valence-corrected chi connectivity index (χ0v) is 10.6. The number of aliphatic hydroxyl groups excluding tert-OH is 1. The molecule has 0 amide bonds. The monoisotopic (exact) mass is 257 g/mol. The molecule has 0 aromatic carbocycles. The number of ether oxygens (including phenoxy) is 2. The van der Waals surface area contributed by atoms with E-state index in [0.29, 0.717) is 38.3 Å². The van der Waals surface area contributed by atoms with Crippen LogP contribution in [-0.2, 0) is 4.74 Å². The van der Waals surface area contributed by atoms with Crippen molar-refractivity contribution >= 4 is 11.9 Å². The molecular weight excluding hydrogens is 238 g/mol. The molecule has 18 heavy (non-hydrogen) atoms. The number of aromatic nitrogens is 3. The van der Waals surface area contributed by atoms with Crippen molar-refractivity contribution in [3.63, 3.8) is 0 Å². The van der Waals surface area contributed by atoms with Gasteiger partial charge in [-0.3, -0.25) is 0 Å². The van der Waals surface area contributed by atoms with Gasteiger partial charge in [-0.1, -0.05) is 0 Å². The average molecular weight is 257 g/mol. The maximum Gasteiger partial charge on any atom is 0.323 e. The quantitative estimate of drug-likeness (QED) is 0.520. The van der Waals surface area contributed by atoms with Crippen molar-refractivity contribution in [1.29, 1.82) is 0 Å². The van der Waals surface area contributed by atoms with Gasteiger partial charge in [-0.25, -0.2) is 0 Å². The number of rotatable bonds is 9. The fraction of sp³-hybridized carbons (Fsp3) is 0.700. The van der Waals surface area contributed by atoms with E-state index in [2.05, 4.69) is 25.6 Å². The standard InChI is InChI=1S/C10H19N5O3/c1-3-18-10-14-8(11-2)13-9(15-10)12-4-6-17-7-5-16/h16H,3-7H2,1-2H3,(H2,11,12,13,14,15). The highest BCUT2D eigenvalue weighted by Gasteiger charge is 2.05. The highest BCUT2D eigenvalue weighted by molar-refractivity contribution is 5.35. The Morgan fingerprint density at radius 2 is 1.94 bits per heavy atom. The van der Waals surface area contributed by atoms with E-state index in [0.717, 1.165) is 0 Å². The SMILES string of the molecule is CCOc1nc(NC)nc(NCCOCCO)n1. The Labute approximate surface area is 106 Å². The first kappa shape index (κ1) is 14.4. The normalized spacial score (nSPS) is 10.2. The molecule has 1 aromatic rings. The van der Waals surface area contributed by atoms with Gasteiger partial charge in [-0.2, -0.15) is 15.0 Å². The molecule has 1 aromatic heterocycles. The summed E-state index contributed by atoms with van der Waals surface area (Å²) in [6, 6.07) is 0.274. The molecule has 0 atom stereocenters. The summed E-state index contributed by atoms with van der Waals surface area (Å²) in [6.07, 6.45) is 0. The van der Waals surface area contributed by atoms with E-state index in [9.17, 15) is 0 Å². The third-order valence-electron chi connectivity index (χ3n) is 1.88. The summed E-state index contributed by atoms with van der Waals surface area (Å²) in [6.45, 7) is 3.70. The number of anilines is 2. The minimum Gasteiger partial charge on any atom is -0.464 e. The van der Waals surface area contributed by atoms with Gasteiger partial charge in [-0.05, 0) is 6.92 Å². The van der Waals surface area contributed by atoms with E-state index in [1.165, 1.54) is 0 Å². The van der Waals surface area contributed by atoms with Crippen LogP contribution in [0.4, 0.5) is 11.9 Å². The topological polar surface area (TPSA) is 101 Å². The van der Waals surface area contributed by atoms with E-state index in [4.69, 9.17) is 14.6 Å². The van der Waals surface area contributed by atoms with Crippen LogP contribution in [0.1, 0.15) is 6.92 Å². The molecule has 102 valence electrons. The lowest BCUT2D eigenvalue weighted by atomic mass is 10.6. The molecule has 1 rings (SSSR count). The lowest BCUT2D eigenvalue weighted by Crippen LogP contribution is -2.14. The molecule has 0 saturated heterocycles. The molecule has 0 aliphatic heterocycles. The summed E-state index contributed by atoms with van der Waals surface area (Å²) in [5, 5.41) is 14.4. The zero-order valence-electron chi connectivity index (χ0n) is 10.6. The van der Waals surface area contributed by atoms with Crippen molar-refractivity contribution in [1.82, 2.24) is 15.0 Å². The number of aliphatic hydroxyl groups is 1. The number of hydrogen-bond acceptors (Lipinski definition) is 8. The van der Waals surface area contributed by atoms with E-state index in [1.54, 1.807) is 7.05 Å². The van der Waals surface area contributed by atoms with Crippen LogP contribution in [0, 0.1) is 0 Å². The molecule has 0 radical (unpaired) electrons. The van der Waals surface area contributed by atoms with Gasteiger partial charge in [0.2, 0.25) is 11.9 Å². The van der Waals surface area contributed by atoms with Crippen LogP contribution >= 0.6 is 0 Å². The fourth-order valence-corrected chi connectivity index (χ4v) is 1.14. The van der Waals surface area contributed by atoms with Crippen molar-refractivity contribution in [2.45, 2.75) is 6.92 Å². The first-order chi connectivity index (χ1) is 8.80. The number of nitrogens with zero attached hydrogens (tertiary/aromatic N) is 3. The molecule has 0 bridgehead atoms. The second-order valence-electron chi connectivity index (χ2n) is 3.21. The van der Waals surface area contributed by atoms with Crippen molar-refractivity contribution in [3.8, 4) is 6.01 Å². The molecule has 3 N–H and O–H groups in total. The molecular formula is C10H19N5O3. The maximum absolute atomic E-state index is 8.54. The van der Waals surface area contributed by atoms with Gasteiger partial charge in [0.05, 0.1) is 26.4 Å². The second kappa shape index (κ2) is 8.43. The Balaban J connectivity index is 2.50. The smallest absolute Gasteiger partial charge is 0.323 e. The van der Waals surface area contributed by atoms with Gasteiger partial charge in [0.15, 0.2) is 0 Å². The minimum atomic E-state index is 0.0180. The van der Waals surface area contributed by atoms with E-state index in [-0.39, 0.29) is 12.6 Å². The molecule has 0 aliphatic rings. The summed E-state index contributed by atoms with van der Waals surface area (Å²) in [5.41, 5.74) is 0. The lowest BCUT2D eigenvalue weighted by Gasteiger charge is -2.08. The molecule has 0 unspecified atom stereocenters. The first-order valence-electron chi connectivity index (χ1n) is 5.79. The summed E-state index contributed by atoms with van der Waals surface area (Å²) >= 11 is 0. The van der Waals surface area contributed by atoms with Gasteiger partial charge in [0.25, 0.3) is 0 Å².